The van der Waals surface area contributed by atoms with Crippen molar-refractivity contribution in [2.45, 2.75) is 12.6 Å². The van der Waals surface area contributed by atoms with Gasteiger partial charge >= 0.3 is 11.7 Å². The number of rotatable bonds is 6. The molecule has 1 aliphatic rings. The third kappa shape index (κ3) is 3.91. The Morgan fingerprint density at radius 1 is 1.09 bits per heavy atom. The van der Waals surface area contributed by atoms with E-state index in [0.717, 1.165) is 5.56 Å². The molecule has 1 aliphatic heterocycles. The van der Waals surface area contributed by atoms with Crippen molar-refractivity contribution in [1.29, 1.82) is 5.26 Å². The number of hydrogen-bond acceptors (Lipinski definition) is 6. The van der Waals surface area contributed by atoms with E-state index in [1.165, 1.54) is 11.7 Å². The molecular weight excluding hydrogens is 414 g/mol. The summed E-state index contributed by atoms with van der Waals surface area (Å²) in [6.45, 7) is 0.00407. The summed E-state index contributed by atoms with van der Waals surface area (Å²) in [5.74, 6) is 0.808. The summed E-state index contributed by atoms with van der Waals surface area (Å²) in [5.41, 5.74) is 0.311. The largest absolute Gasteiger partial charge is 0.493 e. The minimum atomic E-state index is -0.843. The number of methoxy groups -OCH3 is 1. The maximum Gasteiger partial charge on any atom is 0.330 e. The number of carbonyl (C=O) groups excluding carboxylic acids is 1. The molecule has 10 nitrogen and oxygen atoms in total. The summed E-state index contributed by atoms with van der Waals surface area (Å²) in [4.78, 5) is 40.2. The molecular formula is C22H19N5O5. The summed E-state index contributed by atoms with van der Waals surface area (Å²) in [5, 5.41) is 14.1. The van der Waals surface area contributed by atoms with Crippen molar-refractivity contribution in [3.8, 4) is 17.6 Å². The van der Waals surface area contributed by atoms with Crippen molar-refractivity contribution >= 4 is 11.8 Å². The first-order valence-corrected chi connectivity index (χ1v) is 9.68. The van der Waals surface area contributed by atoms with Gasteiger partial charge in [-0.1, -0.05) is 36.4 Å². The van der Waals surface area contributed by atoms with Crippen LogP contribution < -0.4 is 31.4 Å². The number of aromatic nitrogens is 2. The molecule has 3 N–H and O–H groups in total. The van der Waals surface area contributed by atoms with E-state index in [2.05, 4.69) is 15.6 Å². The van der Waals surface area contributed by atoms with E-state index in [1.807, 2.05) is 36.4 Å². The number of amides is 2. The second-order valence-electron chi connectivity index (χ2n) is 6.98. The number of nitriles is 1. The number of benzene rings is 2. The van der Waals surface area contributed by atoms with Crippen molar-refractivity contribution < 1.29 is 14.3 Å². The number of nitrogens with zero attached hydrogens (tertiary/aromatic N) is 2. The molecule has 0 bridgehead atoms. The van der Waals surface area contributed by atoms with Crippen molar-refractivity contribution in [2.24, 2.45) is 0 Å². The van der Waals surface area contributed by atoms with Crippen molar-refractivity contribution in [3.05, 3.63) is 86.1 Å². The van der Waals surface area contributed by atoms with Crippen LogP contribution in [0.25, 0.3) is 0 Å². The van der Waals surface area contributed by atoms with Crippen LogP contribution in [0.1, 0.15) is 22.7 Å². The number of aromatic amines is 1. The van der Waals surface area contributed by atoms with Crippen LogP contribution in [0.15, 0.2) is 58.1 Å². The normalized spacial score (nSPS) is 14.5. The Morgan fingerprint density at radius 2 is 1.88 bits per heavy atom. The number of urea groups is 1. The van der Waals surface area contributed by atoms with Crippen molar-refractivity contribution in [1.82, 2.24) is 14.9 Å². The molecule has 3 aromatic rings. The van der Waals surface area contributed by atoms with Crippen LogP contribution in [0.4, 0.5) is 10.6 Å². The minimum Gasteiger partial charge on any atom is -0.493 e. The average Bonchev–Trinajstić information content (AvgIpc) is 2.80. The quantitative estimate of drug-likeness (QED) is 0.541. The van der Waals surface area contributed by atoms with E-state index in [1.54, 1.807) is 18.2 Å². The summed E-state index contributed by atoms with van der Waals surface area (Å²) in [6.07, 6.45) is 0. The zero-order valence-electron chi connectivity index (χ0n) is 17.0. The molecule has 32 heavy (non-hydrogen) atoms. The van der Waals surface area contributed by atoms with E-state index in [4.69, 9.17) is 14.7 Å². The van der Waals surface area contributed by atoms with Gasteiger partial charge in [0.25, 0.3) is 5.56 Å². The molecule has 1 atom stereocenters. The average molecular weight is 433 g/mol. The fourth-order valence-corrected chi connectivity index (χ4v) is 3.60. The van der Waals surface area contributed by atoms with Crippen LogP contribution in [0.2, 0.25) is 0 Å². The van der Waals surface area contributed by atoms with Crippen LogP contribution >= 0.6 is 0 Å². The first-order chi connectivity index (χ1) is 15.5. The van der Waals surface area contributed by atoms with Gasteiger partial charge in [0.2, 0.25) is 0 Å². The van der Waals surface area contributed by atoms with Gasteiger partial charge in [-0.25, -0.2) is 9.59 Å². The summed E-state index contributed by atoms with van der Waals surface area (Å²) >= 11 is 0. The Bertz CT molecular complexity index is 1320. The van der Waals surface area contributed by atoms with Crippen LogP contribution in [0.5, 0.6) is 11.5 Å². The highest BCUT2D eigenvalue weighted by Crippen LogP contribution is 2.34. The van der Waals surface area contributed by atoms with E-state index >= 15 is 0 Å². The van der Waals surface area contributed by atoms with Crippen LogP contribution in [0, 0.1) is 11.3 Å². The highest BCUT2D eigenvalue weighted by atomic mass is 16.5. The standard InChI is InChI=1S/C22H19N5O5/c1-31-16-11-14(7-8-15(16)32-10-9-23)18-17-19(25-21(29)24-18)27(22(30)26-20(17)28)12-13-5-3-2-4-6-13/h2-8,11,18H,10,12H2,1H3,(H2,24,25,29)(H,26,28,30). The van der Waals surface area contributed by atoms with Gasteiger partial charge in [-0.2, -0.15) is 5.26 Å². The number of nitrogens with one attached hydrogen (secondary N) is 3. The van der Waals surface area contributed by atoms with E-state index in [-0.39, 0.29) is 24.5 Å². The minimum absolute atomic E-state index is 0.125. The summed E-state index contributed by atoms with van der Waals surface area (Å²) in [7, 11) is 1.44. The number of hydrogen-bond donors (Lipinski definition) is 3. The lowest BCUT2D eigenvalue weighted by Gasteiger charge is -2.29. The third-order valence-electron chi connectivity index (χ3n) is 5.03. The molecule has 1 aromatic heterocycles. The van der Waals surface area contributed by atoms with Gasteiger partial charge in [-0.15, -0.1) is 0 Å². The molecule has 2 amide bonds. The Labute approximate surface area is 182 Å². The number of ether oxygens (including phenoxy) is 2. The van der Waals surface area contributed by atoms with Gasteiger partial charge in [0.15, 0.2) is 18.1 Å². The lowest BCUT2D eigenvalue weighted by Crippen LogP contribution is -2.46. The van der Waals surface area contributed by atoms with Gasteiger partial charge in [0.1, 0.15) is 11.9 Å². The second-order valence-corrected chi connectivity index (χ2v) is 6.98. The molecule has 10 heteroatoms. The zero-order chi connectivity index (χ0) is 22.7. The van der Waals surface area contributed by atoms with Crippen LogP contribution in [-0.2, 0) is 6.54 Å². The Hall–Kier alpha value is -4.52. The molecule has 0 saturated heterocycles. The first-order valence-electron chi connectivity index (χ1n) is 9.68. The smallest absolute Gasteiger partial charge is 0.330 e. The zero-order valence-corrected chi connectivity index (χ0v) is 17.0. The molecule has 2 aromatic carbocycles. The first kappa shape index (κ1) is 20.7. The van der Waals surface area contributed by atoms with Gasteiger partial charge in [0.05, 0.1) is 25.3 Å². The Balaban J connectivity index is 1.82. The molecule has 0 aliphatic carbocycles. The van der Waals surface area contributed by atoms with Gasteiger partial charge < -0.3 is 14.8 Å². The lowest BCUT2D eigenvalue weighted by molar-refractivity contribution is 0.248. The summed E-state index contributed by atoms with van der Waals surface area (Å²) < 4.78 is 12.0. The maximum atomic E-state index is 12.8. The van der Waals surface area contributed by atoms with E-state index < -0.39 is 23.3 Å². The molecule has 0 saturated carbocycles. The molecule has 0 radical (unpaired) electrons. The highest BCUT2D eigenvalue weighted by Gasteiger charge is 2.32. The molecule has 162 valence electrons. The predicted octanol–water partition coefficient (Wildman–Crippen LogP) is 1.72. The SMILES string of the molecule is COc1cc(C2NC(=O)Nc3c2c(=O)[nH]c(=O)n3Cc2ccccc2)ccc1OCC#N. The van der Waals surface area contributed by atoms with E-state index in [0.29, 0.717) is 17.1 Å². The Kier molecular flexibility index (Phi) is 5.63. The molecule has 0 spiro atoms. The fraction of sp³-hybridized carbons (Fsp3) is 0.182. The van der Waals surface area contributed by atoms with Crippen LogP contribution in [0.3, 0.4) is 0 Å². The number of anilines is 1. The number of fused-ring (bicyclic) bond motifs is 1. The summed E-state index contributed by atoms with van der Waals surface area (Å²) in [6, 6.07) is 14.6. The number of carbonyl (C=O) groups is 1. The Morgan fingerprint density at radius 3 is 2.59 bits per heavy atom. The van der Waals surface area contributed by atoms with Crippen LogP contribution in [-0.4, -0.2) is 29.3 Å². The fourth-order valence-electron chi connectivity index (χ4n) is 3.60. The van der Waals surface area contributed by atoms with Gasteiger partial charge in [-0.05, 0) is 23.3 Å². The van der Waals surface area contributed by atoms with Crippen molar-refractivity contribution in [2.75, 3.05) is 19.0 Å². The van der Waals surface area contributed by atoms with Crippen molar-refractivity contribution in [3.63, 3.8) is 0 Å². The third-order valence-corrected chi connectivity index (χ3v) is 5.03. The molecule has 4 rings (SSSR count). The maximum absolute atomic E-state index is 12.8. The highest BCUT2D eigenvalue weighted by molar-refractivity contribution is 5.92. The molecule has 0 fully saturated rings. The predicted molar refractivity (Wildman–Crippen MR) is 115 cm³/mol. The lowest BCUT2D eigenvalue weighted by atomic mass is 9.98. The van der Waals surface area contributed by atoms with Gasteiger partial charge in [0, 0.05) is 0 Å². The number of H-pyrrole nitrogens is 1. The van der Waals surface area contributed by atoms with Gasteiger partial charge in [-0.3, -0.25) is 19.7 Å². The molecule has 1 unspecified atom stereocenters. The van der Waals surface area contributed by atoms with E-state index in [9.17, 15) is 14.4 Å². The second kappa shape index (κ2) is 8.69. The molecule has 2 heterocycles. The topological polar surface area (TPSA) is 138 Å². The monoisotopic (exact) mass is 433 g/mol.